The van der Waals surface area contributed by atoms with Crippen molar-refractivity contribution in [3.8, 4) is 5.75 Å². The normalized spacial score (nSPS) is 12.9. The Balaban J connectivity index is 1.82. The van der Waals surface area contributed by atoms with Gasteiger partial charge in [-0.1, -0.05) is 78.9 Å². The summed E-state index contributed by atoms with van der Waals surface area (Å²) < 4.78 is 5.27. The number of rotatable bonds is 4. The Labute approximate surface area is 148 Å². The van der Waals surface area contributed by atoms with Crippen molar-refractivity contribution < 1.29 is 4.74 Å². The molecular weight excluding hydrogens is 304 g/mol. The van der Waals surface area contributed by atoms with E-state index in [1.165, 1.54) is 21.9 Å². The zero-order chi connectivity index (χ0) is 17.6. The van der Waals surface area contributed by atoms with E-state index in [4.69, 9.17) is 4.74 Å². The molecule has 25 heavy (non-hydrogen) atoms. The molecule has 0 saturated heterocycles. The predicted molar refractivity (Wildman–Crippen MR) is 109 cm³/mol. The zero-order valence-electron chi connectivity index (χ0n) is 14.7. The number of allylic oxidation sites excluding steroid dienone is 3. The largest absolute Gasteiger partial charge is 0.497 e. The molecule has 124 valence electrons. The number of hydrogen-bond acceptors (Lipinski definition) is 1. The van der Waals surface area contributed by atoms with E-state index in [1.54, 1.807) is 7.11 Å². The SMILES string of the molecule is C=c1cccc/c1=C/C=C(C)/C=C/c1ccc2cc(OC)ccc2c1. The number of fused-ring (bicyclic) bond motifs is 1. The fraction of sp³-hybridized carbons (Fsp3) is 0.0833. The lowest BCUT2D eigenvalue weighted by atomic mass is 10.1. The van der Waals surface area contributed by atoms with Crippen LogP contribution in [0.3, 0.4) is 0 Å². The van der Waals surface area contributed by atoms with Gasteiger partial charge in [0.05, 0.1) is 7.11 Å². The molecule has 0 aliphatic rings. The second kappa shape index (κ2) is 7.67. The summed E-state index contributed by atoms with van der Waals surface area (Å²) in [4.78, 5) is 0. The third kappa shape index (κ3) is 4.27. The predicted octanol–water partition coefficient (Wildman–Crippen LogP) is 4.70. The van der Waals surface area contributed by atoms with Crippen LogP contribution >= 0.6 is 0 Å². The van der Waals surface area contributed by atoms with Crippen molar-refractivity contribution in [3.05, 3.63) is 94.4 Å². The number of ether oxygens (including phenoxy) is 1. The van der Waals surface area contributed by atoms with Gasteiger partial charge in [0.2, 0.25) is 0 Å². The van der Waals surface area contributed by atoms with E-state index in [2.05, 4.69) is 74.2 Å². The molecule has 0 amide bonds. The summed E-state index contributed by atoms with van der Waals surface area (Å²) in [7, 11) is 1.69. The lowest BCUT2D eigenvalue weighted by Gasteiger charge is -2.03. The van der Waals surface area contributed by atoms with E-state index in [-0.39, 0.29) is 0 Å². The van der Waals surface area contributed by atoms with Gasteiger partial charge in [0.1, 0.15) is 5.75 Å². The molecule has 0 aromatic heterocycles. The van der Waals surface area contributed by atoms with Crippen LogP contribution in [0.2, 0.25) is 0 Å². The summed E-state index contributed by atoms with van der Waals surface area (Å²) in [6.07, 6.45) is 8.49. The Morgan fingerprint density at radius 2 is 1.72 bits per heavy atom. The van der Waals surface area contributed by atoms with Crippen molar-refractivity contribution in [2.75, 3.05) is 7.11 Å². The Hall–Kier alpha value is -3.06. The highest BCUT2D eigenvalue weighted by Gasteiger charge is 1.97. The number of benzene rings is 3. The van der Waals surface area contributed by atoms with E-state index in [9.17, 15) is 0 Å². The van der Waals surface area contributed by atoms with Gasteiger partial charge >= 0.3 is 0 Å². The van der Waals surface area contributed by atoms with E-state index in [0.29, 0.717) is 0 Å². The molecule has 0 N–H and O–H groups in total. The highest BCUT2D eigenvalue weighted by molar-refractivity contribution is 5.86. The third-order valence-corrected chi connectivity index (χ3v) is 4.19. The van der Waals surface area contributed by atoms with Gasteiger partial charge in [0.15, 0.2) is 0 Å². The molecule has 0 fully saturated rings. The van der Waals surface area contributed by atoms with Crippen LogP contribution in [0.15, 0.2) is 78.4 Å². The first-order valence-electron chi connectivity index (χ1n) is 8.34. The average molecular weight is 326 g/mol. The van der Waals surface area contributed by atoms with Crippen molar-refractivity contribution in [2.45, 2.75) is 6.92 Å². The van der Waals surface area contributed by atoms with Crippen molar-refractivity contribution in [1.29, 1.82) is 0 Å². The molecule has 0 aliphatic heterocycles. The molecule has 0 spiro atoms. The summed E-state index contributed by atoms with van der Waals surface area (Å²) in [5.41, 5.74) is 2.38. The molecule has 0 atom stereocenters. The summed E-state index contributed by atoms with van der Waals surface area (Å²) >= 11 is 0. The molecule has 0 radical (unpaired) electrons. The van der Waals surface area contributed by atoms with Crippen molar-refractivity contribution in [2.24, 2.45) is 0 Å². The fourth-order valence-electron chi connectivity index (χ4n) is 2.67. The third-order valence-electron chi connectivity index (χ3n) is 4.19. The first kappa shape index (κ1) is 16.8. The van der Waals surface area contributed by atoms with E-state index in [0.717, 1.165) is 16.2 Å². The maximum absolute atomic E-state index is 5.27. The lowest BCUT2D eigenvalue weighted by molar-refractivity contribution is 0.415. The van der Waals surface area contributed by atoms with Gasteiger partial charge in [-0.05, 0) is 51.9 Å². The quantitative estimate of drug-likeness (QED) is 0.632. The van der Waals surface area contributed by atoms with Crippen LogP contribution in [-0.2, 0) is 0 Å². The summed E-state index contributed by atoms with van der Waals surface area (Å²) in [6, 6.07) is 20.7. The van der Waals surface area contributed by atoms with Crippen LogP contribution in [-0.4, -0.2) is 7.11 Å². The molecule has 3 aromatic carbocycles. The van der Waals surface area contributed by atoms with Crippen LogP contribution in [0.4, 0.5) is 0 Å². The molecule has 0 bridgehead atoms. The van der Waals surface area contributed by atoms with Gasteiger partial charge in [-0.2, -0.15) is 0 Å². The molecule has 0 aliphatic carbocycles. The van der Waals surface area contributed by atoms with Gasteiger partial charge < -0.3 is 4.74 Å². The van der Waals surface area contributed by atoms with Gasteiger partial charge in [0, 0.05) is 0 Å². The molecular formula is C24H22O. The molecule has 0 heterocycles. The average Bonchev–Trinajstić information content (AvgIpc) is 2.65. The summed E-state index contributed by atoms with van der Waals surface area (Å²) in [5, 5.41) is 4.58. The molecule has 3 rings (SSSR count). The molecule has 1 heteroatoms. The van der Waals surface area contributed by atoms with Crippen molar-refractivity contribution >= 4 is 29.5 Å². The van der Waals surface area contributed by atoms with Crippen LogP contribution in [0.1, 0.15) is 12.5 Å². The second-order valence-corrected chi connectivity index (χ2v) is 6.08. The van der Waals surface area contributed by atoms with Gasteiger partial charge in [-0.3, -0.25) is 0 Å². The van der Waals surface area contributed by atoms with Crippen molar-refractivity contribution in [3.63, 3.8) is 0 Å². The van der Waals surface area contributed by atoms with Crippen LogP contribution < -0.4 is 15.2 Å². The number of methoxy groups -OCH3 is 1. The maximum Gasteiger partial charge on any atom is 0.119 e. The minimum absolute atomic E-state index is 0.885. The van der Waals surface area contributed by atoms with Crippen molar-refractivity contribution in [1.82, 2.24) is 0 Å². The fourth-order valence-corrected chi connectivity index (χ4v) is 2.67. The van der Waals surface area contributed by atoms with Crippen LogP contribution in [0.5, 0.6) is 5.75 Å². The topological polar surface area (TPSA) is 9.23 Å². The first-order valence-corrected chi connectivity index (χ1v) is 8.34. The highest BCUT2D eigenvalue weighted by atomic mass is 16.5. The minimum atomic E-state index is 0.885. The van der Waals surface area contributed by atoms with Gasteiger partial charge in [0.25, 0.3) is 0 Å². The van der Waals surface area contributed by atoms with Crippen LogP contribution in [0.25, 0.3) is 29.5 Å². The van der Waals surface area contributed by atoms with E-state index >= 15 is 0 Å². The maximum atomic E-state index is 5.27. The lowest BCUT2D eigenvalue weighted by Crippen LogP contribution is -2.21. The highest BCUT2D eigenvalue weighted by Crippen LogP contribution is 2.22. The van der Waals surface area contributed by atoms with Gasteiger partial charge in [-0.25, -0.2) is 0 Å². The molecule has 1 nitrogen and oxygen atoms in total. The first-order chi connectivity index (χ1) is 12.2. The molecule has 0 unspecified atom stereocenters. The summed E-state index contributed by atoms with van der Waals surface area (Å²) in [5.74, 6) is 0.885. The Morgan fingerprint density at radius 1 is 0.960 bits per heavy atom. The molecule has 0 saturated carbocycles. The summed E-state index contributed by atoms with van der Waals surface area (Å²) in [6.45, 7) is 6.15. The van der Waals surface area contributed by atoms with E-state index < -0.39 is 0 Å². The number of hydrogen-bond donors (Lipinski definition) is 0. The smallest absolute Gasteiger partial charge is 0.119 e. The Bertz CT molecular complexity index is 1050. The zero-order valence-corrected chi connectivity index (χ0v) is 14.7. The standard InChI is InChI=1S/C24H22O/c1-18(9-12-21-7-5-4-6-19(21)2)8-10-20-11-13-23-17-24(25-3)15-14-22(23)16-20/h4-17H,2H2,1,3H3/b10-8+,18-9+,21-12-. The Kier molecular flexibility index (Phi) is 5.15. The van der Waals surface area contributed by atoms with Crippen LogP contribution in [0, 0.1) is 0 Å². The monoisotopic (exact) mass is 326 g/mol. The minimum Gasteiger partial charge on any atom is -0.497 e. The second-order valence-electron chi connectivity index (χ2n) is 6.08. The van der Waals surface area contributed by atoms with E-state index in [1.807, 2.05) is 24.3 Å². The molecule has 3 aromatic rings. The Morgan fingerprint density at radius 3 is 2.52 bits per heavy atom. The van der Waals surface area contributed by atoms with Gasteiger partial charge in [-0.15, -0.1) is 0 Å².